The van der Waals surface area contributed by atoms with Crippen molar-refractivity contribution < 1.29 is 14.3 Å². The SMILES string of the molecule is CCCCCCCCCCCCOc1ccc(C(=O)Oc2ccc(CC[C@H]3CC[C@H](CCCCCCC)CC3)cc2C#N)cc1. The summed E-state index contributed by atoms with van der Waals surface area (Å²) in [5.41, 5.74) is 2.02. The van der Waals surface area contributed by atoms with Gasteiger partial charge >= 0.3 is 5.97 Å². The first-order valence-electron chi connectivity index (χ1n) is 18.6. The Balaban J connectivity index is 1.32. The van der Waals surface area contributed by atoms with Gasteiger partial charge in [0, 0.05) is 0 Å². The zero-order valence-corrected chi connectivity index (χ0v) is 28.6. The molecule has 0 N–H and O–H groups in total. The molecule has 1 aliphatic carbocycles. The van der Waals surface area contributed by atoms with Gasteiger partial charge in [-0.15, -0.1) is 0 Å². The number of hydrogen-bond donors (Lipinski definition) is 0. The van der Waals surface area contributed by atoms with Gasteiger partial charge in [-0.2, -0.15) is 5.26 Å². The van der Waals surface area contributed by atoms with Crippen molar-refractivity contribution in [1.82, 2.24) is 0 Å². The third-order valence-electron chi connectivity index (χ3n) is 9.75. The van der Waals surface area contributed by atoms with Crippen molar-refractivity contribution in [2.45, 2.75) is 155 Å². The number of esters is 1. The maximum Gasteiger partial charge on any atom is 0.343 e. The van der Waals surface area contributed by atoms with Gasteiger partial charge in [-0.25, -0.2) is 4.79 Å². The molecule has 248 valence electrons. The number of nitriles is 1. The Morgan fingerprint density at radius 3 is 1.87 bits per heavy atom. The van der Waals surface area contributed by atoms with Crippen LogP contribution >= 0.6 is 0 Å². The largest absolute Gasteiger partial charge is 0.494 e. The highest BCUT2D eigenvalue weighted by Gasteiger charge is 2.21. The lowest BCUT2D eigenvalue weighted by molar-refractivity contribution is 0.0734. The van der Waals surface area contributed by atoms with Crippen LogP contribution in [0, 0.1) is 23.2 Å². The minimum atomic E-state index is -0.456. The molecule has 0 heterocycles. The molecule has 2 aromatic carbocycles. The van der Waals surface area contributed by atoms with Gasteiger partial charge in [0.05, 0.1) is 17.7 Å². The molecule has 45 heavy (non-hydrogen) atoms. The molecule has 1 aliphatic rings. The summed E-state index contributed by atoms with van der Waals surface area (Å²) < 4.78 is 11.5. The summed E-state index contributed by atoms with van der Waals surface area (Å²) in [6, 6.07) is 15.0. The fourth-order valence-electron chi connectivity index (χ4n) is 6.75. The smallest absolute Gasteiger partial charge is 0.343 e. The van der Waals surface area contributed by atoms with Crippen LogP contribution in [0.25, 0.3) is 0 Å². The van der Waals surface area contributed by atoms with Gasteiger partial charge in [0.25, 0.3) is 0 Å². The number of aryl methyl sites for hydroxylation is 1. The molecule has 1 fully saturated rings. The molecular formula is C41H61NO3. The Bertz CT molecular complexity index is 1110. The highest BCUT2D eigenvalue weighted by atomic mass is 16.5. The molecule has 0 amide bonds. The average Bonchev–Trinajstić information content (AvgIpc) is 3.07. The van der Waals surface area contributed by atoms with Crippen LogP contribution in [-0.2, 0) is 6.42 Å². The van der Waals surface area contributed by atoms with Crippen LogP contribution in [0.15, 0.2) is 42.5 Å². The van der Waals surface area contributed by atoms with E-state index in [-0.39, 0.29) is 0 Å². The second kappa shape index (κ2) is 22.7. The summed E-state index contributed by atoms with van der Waals surface area (Å²) >= 11 is 0. The fraction of sp³-hybridized carbons (Fsp3) is 0.659. The molecule has 0 spiro atoms. The summed E-state index contributed by atoms with van der Waals surface area (Å²) in [6.45, 7) is 5.23. The van der Waals surface area contributed by atoms with Gasteiger partial charge in [-0.1, -0.05) is 142 Å². The predicted octanol–water partition coefficient (Wildman–Crippen LogP) is 12.2. The number of carbonyl (C=O) groups is 1. The summed E-state index contributed by atoms with van der Waals surface area (Å²) in [4.78, 5) is 12.8. The highest BCUT2D eigenvalue weighted by molar-refractivity contribution is 5.91. The van der Waals surface area contributed by atoms with Crippen molar-refractivity contribution in [1.29, 1.82) is 5.26 Å². The van der Waals surface area contributed by atoms with E-state index >= 15 is 0 Å². The molecule has 0 atom stereocenters. The van der Waals surface area contributed by atoms with Crippen LogP contribution in [0.2, 0.25) is 0 Å². The fourth-order valence-corrected chi connectivity index (χ4v) is 6.75. The topological polar surface area (TPSA) is 59.3 Å². The highest BCUT2D eigenvalue weighted by Crippen LogP contribution is 2.34. The van der Waals surface area contributed by atoms with Gasteiger partial charge in [0.1, 0.15) is 17.6 Å². The molecule has 0 saturated heterocycles. The van der Waals surface area contributed by atoms with Crippen molar-refractivity contribution >= 4 is 5.97 Å². The Hall–Kier alpha value is -2.80. The first-order valence-corrected chi connectivity index (χ1v) is 18.6. The number of benzene rings is 2. The minimum absolute atomic E-state index is 0.326. The maximum atomic E-state index is 12.8. The normalized spacial score (nSPS) is 16.3. The second-order valence-electron chi connectivity index (χ2n) is 13.5. The van der Waals surface area contributed by atoms with Gasteiger partial charge in [-0.3, -0.25) is 0 Å². The number of ether oxygens (including phenoxy) is 2. The molecule has 2 aromatic rings. The molecule has 3 rings (SSSR count). The Labute approximate surface area is 275 Å². The van der Waals surface area contributed by atoms with E-state index in [1.54, 1.807) is 18.2 Å². The molecule has 0 radical (unpaired) electrons. The summed E-state index contributed by atoms with van der Waals surface area (Å²) in [5, 5.41) is 9.77. The number of rotatable bonds is 23. The first-order chi connectivity index (χ1) is 22.1. The maximum absolute atomic E-state index is 12.8. The third kappa shape index (κ3) is 14.9. The van der Waals surface area contributed by atoms with Gasteiger partial charge in [0.15, 0.2) is 0 Å². The Kier molecular flexibility index (Phi) is 18.5. The zero-order valence-electron chi connectivity index (χ0n) is 28.6. The van der Waals surface area contributed by atoms with Crippen LogP contribution in [0.5, 0.6) is 11.5 Å². The van der Waals surface area contributed by atoms with Crippen molar-refractivity contribution in [3.8, 4) is 17.6 Å². The molecule has 0 aromatic heterocycles. The second-order valence-corrected chi connectivity index (χ2v) is 13.5. The summed E-state index contributed by atoms with van der Waals surface area (Å²) in [7, 11) is 0. The third-order valence-corrected chi connectivity index (χ3v) is 9.75. The van der Waals surface area contributed by atoms with Gasteiger partial charge < -0.3 is 9.47 Å². The standard InChI is InChI=1S/C41H61NO3/c1-3-5-7-9-10-11-12-13-15-17-31-44-39-28-26-37(27-29-39)41(43)45-40-30-25-36(32-38(40)33-42)24-23-35-21-19-34(20-22-35)18-16-14-8-6-4-2/h25-30,32,34-35H,3-24,31H2,1-2H3/t34-,35-. The predicted molar refractivity (Wildman–Crippen MR) is 187 cm³/mol. The van der Waals surface area contributed by atoms with E-state index in [0.29, 0.717) is 23.5 Å². The van der Waals surface area contributed by atoms with Crippen molar-refractivity contribution in [3.63, 3.8) is 0 Å². The number of unbranched alkanes of at least 4 members (excludes halogenated alkanes) is 13. The van der Waals surface area contributed by atoms with E-state index in [4.69, 9.17) is 9.47 Å². The molecule has 4 nitrogen and oxygen atoms in total. The van der Waals surface area contributed by atoms with Crippen LogP contribution < -0.4 is 9.47 Å². The van der Waals surface area contributed by atoms with E-state index in [9.17, 15) is 10.1 Å². The summed E-state index contributed by atoms with van der Waals surface area (Å²) in [5.74, 6) is 2.35. The molecule has 1 saturated carbocycles. The van der Waals surface area contributed by atoms with E-state index < -0.39 is 5.97 Å². The lowest BCUT2D eigenvalue weighted by Crippen LogP contribution is -2.15. The molecule has 0 bridgehead atoms. The monoisotopic (exact) mass is 615 g/mol. The van der Waals surface area contributed by atoms with E-state index in [1.165, 1.54) is 128 Å². The summed E-state index contributed by atoms with van der Waals surface area (Å²) in [6.07, 6.45) is 28.9. The Morgan fingerprint density at radius 2 is 1.27 bits per heavy atom. The van der Waals surface area contributed by atoms with Crippen LogP contribution in [0.3, 0.4) is 0 Å². The van der Waals surface area contributed by atoms with Crippen LogP contribution in [-0.4, -0.2) is 12.6 Å². The van der Waals surface area contributed by atoms with Crippen molar-refractivity contribution in [2.24, 2.45) is 11.8 Å². The molecule has 0 aliphatic heterocycles. The molecule has 0 unspecified atom stereocenters. The number of nitrogens with zero attached hydrogens (tertiary/aromatic N) is 1. The number of carbonyl (C=O) groups excluding carboxylic acids is 1. The average molecular weight is 616 g/mol. The van der Waals surface area contributed by atoms with E-state index in [2.05, 4.69) is 19.9 Å². The number of hydrogen-bond acceptors (Lipinski definition) is 4. The molecule has 4 heteroatoms. The molecular weight excluding hydrogens is 554 g/mol. The zero-order chi connectivity index (χ0) is 32.0. The van der Waals surface area contributed by atoms with Gasteiger partial charge in [0.2, 0.25) is 0 Å². The van der Waals surface area contributed by atoms with Gasteiger partial charge in [-0.05, 0) is 73.1 Å². The lowest BCUT2D eigenvalue weighted by atomic mass is 9.77. The quantitative estimate of drug-likeness (QED) is 0.0709. The Morgan fingerprint density at radius 1 is 0.711 bits per heavy atom. The first kappa shape index (κ1) is 36.7. The lowest BCUT2D eigenvalue weighted by Gasteiger charge is -2.28. The van der Waals surface area contributed by atoms with Crippen molar-refractivity contribution in [2.75, 3.05) is 6.61 Å². The van der Waals surface area contributed by atoms with E-state index in [0.717, 1.165) is 36.0 Å². The van der Waals surface area contributed by atoms with Crippen LogP contribution in [0.1, 0.15) is 170 Å². The minimum Gasteiger partial charge on any atom is -0.494 e. The van der Waals surface area contributed by atoms with E-state index in [1.807, 2.05) is 24.3 Å². The van der Waals surface area contributed by atoms with Crippen molar-refractivity contribution in [3.05, 3.63) is 59.2 Å². The van der Waals surface area contributed by atoms with Crippen LogP contribution in [0.4, 0.5) is 0 Å².